The summed E-state index contributed by atoms with van der Waals surface area (Å²) in [6, 6.07) is 7.44. The summed E-state index contributed by atoms with van der Waals surface area (Å²) >= 11 is 14.8. The van der Waals surface area contributed by atoms with Gasteiger partial charge in [-0.1, -0.05) is 39.1 Å². The van der Waals surface area contributed by atoms with E-state index in [0.717, 1.165) is 0 Å². The van der Waals surface area contributed by atoms with E-state index < -0.39 is 16.4 Å². The van der Waals surface area contributed by atoms with Gasteiger partial charge in [-0.15, -0.1) is 0 Å². The van der Waals surface area contributed by atoms with E-state index in [1.54, 1.807) is 18.2 Å². The summed E-state index contributed by atoms with van der Waals surface area (Å²) in [6.07, 6.45) is 1.30. The second-order valence-corrected chi connectivity index (χ2v) is 5.79. The molecule has 0 unspecified atom stereocenters. The van der Waals surface area contributed by atoms with Crippen LogP contribution in [0.25, 0.3) is 0 Å². The summed E-state index contributed by atoms with van der Waals surface area (Å²) in [6.45, 7) is 0. The number of benzene rings is 2. The first-order valence-electron chi connectivity index (χ1n) is 5.54. The zero-order valence-electron chi connectivity index (χ0n) is 10.3. The van der Waals surface area contributed by atoms with Gasteiger partial charge in [-0.3, -0.25) is 15.1 Å². The third-order valence-corrected chi connectivity index (χ3v) is 3.38. The number of aliphatic imine (C=N–C) groups is 1. The molecule has 2 rings (SSSR count). The smallest absolute Gasteiger partial charge is 0.312 e. The van der Waals surface area contributed by atoms with Gasteiger partial charge < -0.3 is 5.11 Å². The molecule has 21 heavy (non-hydrogen) atoms. The van der Waals surface area contributed by atoms with Crippen LogP contribution in [0.4, 0.5) is 11.4 Å². The number of rotatable bonds is 3. The average molecular weight is 390 g/mol. The molecule has 0 aliphatic heterocycles. The van der Waals surface area contributed by atoms with Crippen molar-refractivity contribution in [3.05, 3.63) is 60.5 Å². The molecule has 0 aliphatic carbocycles. The van der Waals surface area contributed by atoms with Crippen molar-refractivity contribution in [3.8, 4) is 5.75 Å². The number of halogens is 3. The van der Waals surface area contributed by atoms with Crippen LogP contribution in [-0.2, 0) is 0 Å². The predicted octanol–water partition coefficient (Wildman–Crippen LogP) is 5.12. The Morgan fingerprint density at radius 1 is 1.19 bits per heavy atom. The first-order chi connectivity index (χ1) is 9.86. The van der Waals surface area contributed by atoms with Crippen LogP contribution in [0.3, 0.4) is 0 Å². The van der Waals surface area contributed by atoms with Crippen LogP contribution in [0.15, 0.2) is 39.8 Å². The lowest BCUT2D eigenvalue weighted by atomic mass is 10.2. The van der Waals surface area contributed by atoms with Gasteiger partial charge in [0.15, 0.2) is 0 Å². The Hall–Kier alpha value is -1.63. The Bertz CT molecular complexity index is 730. The van der Waals surface area contributed by atoms with Crippen LogP contribution < -0.4 is 0 Å². The van der Waals surface area contributed by atoms with Gasteiger partial charge in [-0.25, -0.2) is 0 Å². The van der Waals surface area contributed by atoms with Gasteiger partial charge in [-0.05, 0) is 24.3 Å². The largest absolute Gasteiger partial charge is 0.502 e. The van der Waals surface area contributed by atoms with E-state index in [1.165, 1.54) is 18.3 Å². The van der Waals surface area contributed by atoms with E-state index in [9.17, 15) is 15.2 Å². The summed E-state index contributed by atoms with van der Waals surface area (Å²) in [5, 5.41) is 21.5. The number of nitrogens with zero attached hydrogens (tertiary/aromatic N) is 2. The van der Waals surface area contributed by atoms with E-state index >= 15 is 0 Å². The lowest BCUT2D eigenvalue weighted by molar-refractivity contribution is -0.385. The summed E-state index contributed by atoms with van der Waals surface area (Å²) < 4.78 is 0.456. The fourth-order valence-electron chi connectivity index (χ4n) is 1.60. The highest BCUT2D eigenvalue weighted by molar-refractivity contribution is 9.10. The van der Waals surface area contributed by atoms with E-state index in [1.807, 2.05) is 0 Å². The van der Waals surface area contributed by atoms with Crippen LogP contribution in [-0.4, -0.2) is 16.2 Å². The van der Waals surface area contributed by atoms with Crippen LogP contribution >= 0.6 is 39.1 Å². The molecule has 2 aromatic rings. The number of nitro benzene ring substituents is 1. The SMILES string of the molecule is O=[N+]([O-])c1cc(Br)cc(C=Nc2cc(Cl)cc(Cl)c2)c1O. The molecule has 0 aromatic heterocycles. The number of phenolic OH excluding ortho intramolecular Hbond substituents is 1. The van der Waals surface area contributed by atoms with Crippen molar-refractivity contribution in [3.63, 3.8) is 0 Å². The van der Waals surface area contributed by atoms with Gasteiger partial charge in [0.1, 0.15) is 0 Å². The van der Waals surface area contributed by atoms with Crippen molar-refractivity contribution in [2.75, 3.05) is 0 Å². The Balaban J connectivity index is 2.43. The molecular formula is C13H7BrCl2N2O3. The van der Waals surface area contributed by atoms with Gasteiger partial charge in [0.2, 0.25) is 5.75 Å². The fourth-order valence-corrected chi connectivity index (χ4v) is 2.58. The van der Waals surface area contributed by atoms with Crippen molar-refractivity contribution >= 4 is 56.7 Å². The molecule has 0 bridgehead atoms. The maximum absolute atomic E-state index is 10.8. The van der Waals surface area contributed by atoms with E-state index in [0.29, 0.717) is 20.2 Å². The molecule has 0 aliphatic rings. The highest BCUT2D eigenvalue weighted by Crippen LogP contribution is 2.33. The van der Waals surface area contributed by atoms with E-state index in [2.05, 4.69) is 20.9 Å². The lowest BCUT2D eigenvalue weighted by Crippen LogP contribution is -1.92. The Kier molecular flexibility index (Phi) is 4.82. The normalized spacial score (nSPS) is 11.0. The summed E-state index contributed by atoms with van der Waals surface area (Å²) in [5.74, 6) is -0.458. The summed E-state index contributed by atoms with van der Waals surface area (Å²) in [4.78, 5) is 14.3. The van der Waals surface area contributed by atoms with Crippen molar-refractivity contribution in [2.45, 2.75) is 0 Å². The molecule has 0 spiro atoms. The molecule has 0 saturated carbocycles. The van der Waals surface area contributed by atoms with Crippen molar-refractivity contribution in [1.82, 2.24) is 0 Å². The molecule has 0 fully saturated rings. The number of phenols is 1. The molecule has 0 amide bonds. The second kappa shape index (κ2) is 6.43. The molecule has 0 saturated heterocycles. The van der Waals surface area contributed by atoms with Crippen LogP contribution in [0.2, 0.25) is 10.0 Å². The highest BCUT2D eigenvalue weighted by atomic mass is 79.9. The van der Waals surface area contributed by atoms with Gasteiger partial charge in [0.25, 0.3) is 0 Å². The first-order valence-corrected chi connectivity index (χ1v) is 7.09. The van der Waals surface area contributed by atoms with E-state index in [-0.39, 0.29) is 5.56 Å². The molecule has 108 valence electrons. The zero-order chi connectivity index (χ0) is 15.6. The van der Waals surface area contributed by atoms with Gasteiger partial charge in [-0.2, -0.15) is 0 Å². The molecule has 2 aromatic carbocycles. The first kappa shape index (κ1) is 15.8. The summed E-state index contributed by atoms with van der Waals surface area (Å²) in [7, 11) is 0. The predicted molar refractivity (Wildman–Crippen MR) is 86.2 cm³/mol. The highest BCUT2D eigenvalue weighted by Gasteiger charge is 2.17. The standard InChI is InChI=1S/C13H7BrCl2N2O3/c14-8-1-7(13(19)12(2-8)18(20)21)6-17-11-4-9(15)3-10(16)5-11/h1-6,19H. The maximum Gasteiger partial charge on any atom is 0.312 e. The Morgan fingerprint density at radius 3 is 2.38 bits per heavy atom. The number of hydrogen-bond donors (Lipinski definition) is 1. The monoisotopic (exact) mass is 388 g/mol. The minimum atomic E-state index is -0.673. The van der Waals surface area contributed by atoms with Crippen LogP contribution in [0.5, 0.6) is 5.75 Å². The van der Waals surface area contributed by atoms with Crippen molar-refractivity contribution < 1.29 is 10.0 Å². The number of nitro groups is 1. The quantitative estimate of drug-likeness (QED) is 0.449. The summed E-state index contributed by atoms with van der Waals surface area (Å²) in [5.41, 5.74) is 0.261. The lowest BCUT2D eigenvalue weighted by Gasteiger charge is -2.02. The van der Waals surface area contributed by atoms with Gasteiger partial charge >= 0.3 is 5.69 Å². The minimum Gasteiger partial charge on any atom is -0.502 e. The van der Waals surface area contributed by atoms with Gasteiger partial charge in [0.05, 0.1) is 10.6 Å². The zero-order valence-corrected chi connectivity index (χ0v) is 13.4. The molecule has 5 nitrogen and oxygen atoms in total. The minimum absolute atomic E-state index is 0.201. The maximum atomic E-state index is 10.8. The Labute approximate surface area is 138 Å². The Morgan fingerprint density at radius 2 is 1.81 bits per heavy atom. The van der Waals surface area contributed by atoms with Gasteiger partial charge in [0, 0.05) is 32.4 Å². The fraction of sp³-hybridized carbons (Fsp3) is 0. The average Bonchev–Trinajstić information content (AvgIpc) is 2.38. The number of aromatic hydroxyl groups is 1. The van der Waals surface area contributed by atoms with E-state index in [4.69, 9.17) is 23.2 Å². The molecule has 0 heterocycles. The molecule has 8 heteroatoms. The number of hydrogen-bond acceptors (Lipinski definition) is 4. The third-order valence-electron chi connectivity index (χ3n) is 2.48. The molecular weight excluding hydrogens is 383 g/mol. The second-order valence-electron chi connectivity index (χ2n) is 4.01. The van der Waals surface area contributed by atoms with Crippen LogP contribution in [0.1, 0.15) is 5.56 Å². The van der Waals surface area contributed by atoms with Crippen molar-refractivity contribution in [2.24, 2.45) is 4.99 Å². The molecule has 1 N–H and O–H groups in total. The third kappa shape index (κ3) is 3.93. The topological polar surface area (TPSA) is 75.7 Å². The molecule has 0 radical (unpaired) electrons. The van der Waals surface area contributed by atoms with Crippen LogP contribution in [0, 0.1) is 10.1 Å². The molecule has 0 atom stereocenters. The van der Waals surface area contributed by atoms with Crippen molar-refractivity contribution in [1.29, 1.82) is 0 Å².